The number of H-pyrrole nitrogens is 1. The number of hydrogen-bond acceptors (Lipinski definition) is 5. The van der Waals surface area contributed by atoms with Gasteiger partial charge >= 0.3 is 12.2 Å². The van der Waals surface area contributed by atoms with Crippen LogP contribution in [-0.4, -0.2) is 32.9 Å². The van der Waals surface area contributed by atoms with E-state index in [0.717, 1.165) is 12.1 Å². The molecular formula is C16H14F3N5O2S. The minimum absolute atomic E-state index is 0.0527. The van der Waals surface area contributed by atoms with Crippen molar-refractivity contribution >= 4 is 23.1 Å². The molecule has 11 heteroatoms. The fraction of sp³-hybridized carbons (Fsp3) is 0.188. The van der Waals surface area contributed by atoms with Gasteiger partial charge in [-0.05, 0) is 17.7 Å². The first kappa shape index (κ1) is 18.9. The third-order valence-corrected chi connectivity index (χ3v) is 4.38. The molecule has 2 amide bonds. The lowest BCUT2D eigenvalue weighted by molar-refractivity contribution is -0.137. The van der Waals surface area contributed by atoms with Crippen molar-refractivity contribution in [1.29, 1.82) is 0 Å². The van der Waals surface area contributed by atoms with E-state index >= 15 is 0 Å². The van der Waals surface area contributed by atoms with Gasteiger partial charge in [-0.2, -0.15) is 18.3 Å². The van der Waals surface area contributed by atoms with Crippen LogP contribution in [0, 0.1) is 0 Å². The molecule has 0 fully saturated rings. The average Bonchev–Trinajstić information content (AvgIpc) is 3.30. The summed E-state index contributed by atoms with van der Waals surface area (Å²) in [6.45, 7) is -0.266. The van der Waals surface area contributed by atoms with E-state index < -0.39 is 23.9 Å². The standard InChI is InChI=1S/C16H14F3N5O2S/c17-16(18,19)10-3-1-2-9(6-10)12(25)8-21-15(26)23-11-7-22-24-13(11)14-20-4-5-27-14/h1-7,12,25H,8H2,(H,22,24)(H2,21,23,26). The molecule has 0 saturated heterocycles. The number of hydrogen-bond donors (Lipinski definition) is 4. The molecule has 3 aromatic rings. The van der Waals surface area contributed by atoms with Crippen molar-refractivity contribution in [2.75, 3.05) is 11.9 Å². The Labute approximate surface area is 155 Å². The van der Waals surface area contributed by atoms with Crippen molar-refractivity contribution in [3.05, 3.63) is 53.2 Å². The van der Waals surface area contributed by atoms with E-state index in [1.54, 1.807) is 11.6 Å². The van der Waals surface area contributed by atoms with Gasteiger partial charge in [0.2, 0.25) is 0 Å². The van der Waals surface area contributed by atoms with Gasteiger partial charge < -0.3 is 15.7 Å². The Hall–Kier alpha value is -2.92. The van der Waals surface area contributed by atoms with Gasteiger partial charge in [-0.25, -0.2) is 9.78 Å². The molecule has 0 spiro atoms. The van der Waals surface area contributed by atoms with Gasteiger partial charge in [-0.1, -0.05) is 12.1 Å². The molecule has 2 heterocycles. The Morgan fingerprint density at radius 3 is 2.89 bits per heavy atom. The fourth-order valence-electron chi connectivity index (χ4n) is 2.29. The van der Waals surface area contributed by atoms with Crippen molar-refractivity contribution in [3.8, 4) is 10.7 Å². The number of halogens is 3. The normalized spacial score (nSPS) is 12.6. The summed E-state index contributed by atoms with van der Waals surface area (Å²) in [4.78, 5) is 16.1. The number of carbonyl (C=O) groups excluding carboxylic acids is 1. The first-order chi connectivity index (χ1) is 12.8. The van der Waals surface area contributed by atoms with Crippen LogP contribution in [0.2, 0.25) is 0 Å². The van der Waals surface area contributed by atoms with Crippen molar-refractivity contribution in [2.24, 2.45) is 0 Å². The minimum atomic E-state index is -4.51. The largest absolute Gasteiger partial charge is 0.416 e. The molecule has 3 rings (SSSR count). The van der Waals surface area contributed by atoms with E-state index in [1.165, 1.54) is 29.7 Å². The van der Waals surface area contributed by atoms with Crippen molar-refractivity contribution in [2.45, 2.75) is 12.3 Å². The number of nitrogens with one attached hydrogen (secondary N) is 3. The molecule has 0 radical (unpaired) electrons. The summed E-state index contributed by atoms with van der Waals surface area (Å²) in [6.07, 6.45) is -2.79. The number of urea groups is 1. The number of benzene rings is 1. The molecule has 27 heavy (non-hydrogen) atoms. The highest BCUT2D eigenvalue weighted by Gasteiger charge is 2.30. The zero-order chi connectivity index (χ0) is 19.4. The van der Waals surface area contributed by atoms with Gasteiger partial charge in [-0.3, -0.25) is 5.10 Å². The number of thiazole rings is 1. The second-order valence-corrected chi connectivity index (χ2v) is 6.36. The lowest BCUT2D eigenvalue weighted by Gasteiger charge is -2.15. The SMILES string of the molecule is O=C(NCC(O)c1cccc(C(F)(F)F)c1)Nc1cn[nH]c1-c1nccs1. The second kappa shape index (κ2) is 7.76. The fourth-order valence-corrected chi connectivity index (χ4v) is 2.93. The molecule has 142 valence electrons. The summed E-state index contributed by atoms with van der Waals surface area (Å²) in [7, 11) is 0. The van der Waals surface area contributed by atoms with Gasteiger partial charge in [0.25, 0.3) is 0 Å². The molecule has 1 unspecified atom stereocenters. The molecule has 4 N–H and O–H groups in total. The maximum Gasteiger partial charge on any atom is 0.416 e. The Balaban J connectivity index is 1.59. The van der Waals surface area contributed by atoms with E-state index in [2.05, 4.69) is 25.8 Å². The molecule has 0 aliphatic heterocycles. The van der Waals surface area contributed by atoms with Crippen molar-refractivity contribution in [1.82, 2.24) is 20.5 Å². The zero-order valence-electron chi connectivity index (χ0n) is 13.6. The average molecular weight is 397 g/mol. The number of aromatic nitrogens is 3. The van der Waals surface area contributed by atoms with E-state index in [-0.39, 0.29) is 12.1 Å². The number of carbonyl (C=O) groups is 1. The number of aromatic amines is 1. The molecule has 2 aromatic heterocycles. The predicted octanol–water partition coefficient (Wildman–Crippen LogP) is 3.41. The third-order valence-electron chi connectivity index (χ3n) is 3.59. The smallest absolute Gasteiger partial charge is 0.387 e. The van der Waals surface area contributed by atoms with Crippen LogP contribution in [0.1, 0.15) is 17.2 Å². The summed E-state index contributed by atoms with van der Waals surface area (Å²) >= 11 is 1.35. The number of alkyl halides is 3. The molecule has 0 aliphatic rings. The van der Waals surface area contributed by atoms with E-state index in [9.17, 15) is 23.1 Å². The molecule has 7 nitrogen and oxygen atoms in total. The van der Waals surface area contributed by atoms with Crippen LogP contribution >= 0.6 is 11.3 Å². The number of anilines is 1. The van der Waals surface area contributed by atoms with Gasteiger partial charge in [0.05, 0.1) is 23.6 Å². The van der Waals surface area contributed by atoms with Crippen molar-refractivity contribution in [3.63, 3.8) is 0 Å². The summed E-state index contributed by atoms with van der Waals surface area (Å²) in [5, 5.41) is 24.0. The number of aliphatic hydroxyl groups is 1. The number of aliphatic hydroxyl groups excluding tert-OH is 1. The van der Waals surface area contributed by atoms with Crippen molar-refractivity contribution < 1.29 is 23.1 Å². The maximum atomic E-state index is 12.7. The minimum Gasteiger partial charge on any atom is -0.387 e. The Morgan fingerprint density at radius 2 is 2.19 bits per heavy atom. The first-order valence-corrected chi connectivity index (χ1v) is 8.56. The van der Waals surface area contributed by atoms with Crippen LogP contribution < -0.4 is 10.6 Å². The molecule has 0 saturated carbocycles. The maximum absolute atomic E-state index is 12.7. The van der Waals surface area contributed by atoms with E-state index in [1.807, 2.05) is 0 Å². The van der Waals surface area contributed by atoms with Crippen LogP contribution in [-0.2, 0) is 6.18 Å². The molecule has 1 atom stereocenters. The monoisotopic (exact) mass is 397 g/mol. The lowest BCUT2D eigenvalue weighted by atomic mass is 10.1. The predicted molar refractivity (Wildman–Crippen MR) is 93.1 cm³/mol. The van der Waals surface area contributed by atoms with Gasteiger partial charge in [0.1, 0.15) is 10.7 Å². The number of rotatable bonds is 5. The lowest BCUT2D eigenvalue weighted by Crippen LogP contribution is -2.32. The number of amides is 2. The highest BCUT2D eigenvalue weighted by Crippen LogP contribution is 2.30. The van der Waals surface area contributed by atoms with E-state index in [0.29, 0.717) is 16.4 Å². The molecular weight excluding hydrogens is 383 g/mol. The third kappa shape index (κ3) is 4.63. The molecule has 1 aromatic carbocycles. The Bertz CT molecular complexity index is 911. The van der Waals surface area contributed by atoms with Crippen LogP contribution in [0.3, 0.4) is 0 Å². The molecule has 0 aliphatic carbocycles. The summed E-state index contributed by atoms with van der Waals surface area (Å²) < 4.78 is 38.2. The van der Waals surface area contributed by atoms with E-state index in [4.69, 9.17) is 0 Å². The van der Waals surface area contributed by atoms with Crippen LogP contribution in [0.5, 0.6) is 0 Å². The molecule has 0 bridgehead atoms. The van der Waals surface area contributed by atoms with Crippen LogP contribution in [0.25, 0.3) is 10.7 Å². The van der Waals surface area contributed by atoms with Gasteiger partial charge in [0.15, 0.2) is 0 Å². The van der Waals surface area contributed by atoms with Crippen LogP contribution in [0.15, 0.2) is 42.0 Å². The van der Waals surface area contributed by atoms with Gasteiger partial charge in [0, 0.05) is 18.1 Å². The first-order valence-electron chi connectivity index (χ1n) is 7.68. The summed E-state index contributed by atoms with van der Waals surface area (Å²) in [6, 6.07) is 3.68. The Morgan fingerprint density at radius 1 is 1.37 bits per heavy atom. The quantitative estimate of drug-likeness (QED) is 0.530. The zero-order valence-corrected chi connectivity index (χ0v) is 14.4. The summed E-state index contributed by atoms with van der Waals surface area (Å²) in [5.41, 5.74) is 0.0986. The topological polar surface area (TPSA) is 103 Å². The second-order valence-electron chi connectivity index (χ2n) is 5.47. The van der Waals surface area contributed by atoms with Crippen LogP contribution in [0.4, 0.5) is 23.7 Å². The summed E-state index contributed by atoms with van der Waals surface area (Å²) in [5.74, 6) is 0. The Kier molecular flexibility index (Phi) is 5.42. The van der Waals surface area contributed by atoms with Gasteiger partial charge in [-0.15, -0.1) is 11.3 Å². The highest BCUT2D eigenvalue weighted by atomic mass is 32.1. The number of nitrogens with zero attached hydrogens (tertiary/aromatic N) is 2. The highest BCUT2D eigenvalue weighted by molar-refractivity contribution is 7.13.